The summed E-state index contributed by atoms with van der Waals surface area (Å²) in [4.78, 5) is 29.5. The molecule has 4 rings (SSSR count). The molecule has 2 aromatic carbocycles. The Morgan fingerprint density at radius 2 is 1.86 bits per heavy atom. The lowest BCUT2D eigenvalue weighted by Crippen LogP contribution is -2.54. The van der Waals surface area contributed by atoms with Gasteiger partial charge in [-0.3, -0.25) is 14.6 Å². The lowest BCUT2D eigenvalue weighted by atomic mass is 9.77. The third kappa shape index (κ3) is 9.24. The molecule has 3 aromatic rings. The number of rotatable bonds is 12. The number of hydrogen-bond donors (Lipinski definition) is 4. The summed E-state index contributed by atoms with van der Waals surface area (Å²) < 4.78 is 41.2. The molecule has 13 heteroatoms. The van der Waals surface area contributed by atoms with Crippen molar-refractivity contribution in [3.63, 3.8) is 0 Å². The van der Waals surface area contributed by atoms with E-state index >= 15 is 0 Å². The van der Waals surface area contributed by atoms with E-state index in [4.69, 9.17) is 0 Å². The first-order valence-electron chi connectivity index (χ1n) is 13.3. The molecule has 232 valence electrons. The summed E-state index contributed by atoms with van der Waals surface area (Å²) in [5.41, 5.74) is 1.64. The topological polar surface area (TPSA) is 137 Å². The summed E-state index contributed by atoms with van der Waals surface area (Å²) in [6.45, 7) is 1.36. The molecule has 0 aliphatic heterocycles. The molecule has 1 aliphatic carbocycles. The molecule has 1 aromatic heterocycles. The van der Waals surface area contributed by atoms with Crippen LogP contribution in [0, 0.1) is 5.82 Å². The number of fused-ring (bicyclic) bond motifs is 1. The Balaban J connectivity index is 0.00000323. The van der Waals surface area contributed by atoms with E-state index in [2.05, 4.69) is 20.3 Å². The van der Waals surface area contributed by atoms with Crippen LogP contribution in [-0.4, -0.2) is 42.9 Å². The number of hydrogen-bond acceptors (Lipinski definition) is 6. The van der Waals surface area contributed by atoms with E-state index in [9.17, 15) is 27.5 Å². The van der Waals surface area contributed by atoms with Crippen LogP contribution < -0.4 is 15.4 Å². The van der Waals surface area contributed by atoms with Crippen molar-refractivity contribution in [2.75, 3.05) is 6.54 Å². The van der Waals surface area contributed by atoms with Crippen molar-refractivity contribution in [3.05, 3.63) is 102 Å². The number of sulfonamides is 1. The smallest absolute Gasteiger partial charge is 0.243 e. The van der Waals surface area contributed by atoms with Gasteiger partial charge in [0, 0.05) is 32.3 Å². The second kappa shape index (κ2) is 15.8. The number of allylic oxidation sites excluding steroid dienone is 1. The predicted octanol–water partition coefficient (Wildman–Crippen LogP) is 4.09. The quantitative estimate of drug-likeness (QED) is 0.172. The fourth-order valence-electron chi connectivity index (χ4n) is 5.03. The third-order valence-corrected chi connectivity index (χ3v) is 8.39. The molecule has 1 unspecified atom stereocenters. The first-order chi connectivity index (χ1) is 19.6. The molecule has 0 saturated heterocycles. The number of phenolic OH excluding ortho intramolecular Hbond substituents is 1. The maximum atomic E-state index is 13.9. The molecule has 0 bridgehead atoms. The fraction of sp³-hybridized carbons (Fsp3) is 0.300. The highest BCUT2D eigenvalue weighted by molar-refractivity contribution is 7.89. The van der Waals surface area contributed by atoms with E-state index in [1.165, 1.54) is 25.1 Å². The average molecular weight is 654 g/mol. The number of amides is 2. The number of carbonyl (C=O) groups is 2. The minimum atomic E-state index is -4.02. The van der Waals surface area contributed by atoms with Gasteiger partial charge in [-0.15, -0.1) is 24.8 Å². The Labute approximate surface area is 263 Å². The molecule has 4 N–H and O–H groups in total. The first kappa shape index (κ1) is 35.7. The normalized spacial score (nSPS) is 16.1. The van der Waals surface area contributed by atoms with Crippen LogP contribution in [0.1, 0.15) is 42.9 Å². The summed E-state index contributed by atoms with van der Waals surface area (Å²) >= 11 is 0. The molecule has 2 atom stereocenters. The van der Waals surface area contributed by atoms with Crippen LogP contribution in [0.4, 0.5) is 4.39 Å². The van der Waals surface area contributed by atoms with E-state index in [0.717, 1.165) is 22.8 Å². The van der Waals surface area contributed by atoms with E-state index in [1.54, 1.807) is 30.6 Å². The van der Waals surface area contributed by atoms with Crippen molar-refractivity contribution in [2.45, 2.75) is 55.5 Å². The van der Waals surface area contributed by atoms with Gasteiger partial charge in [-0.2, -0.15) is 0 Å². The summed E-state index contributed by atoms with van der Waals surface area (Å²) in [7, 11) is -4.02. The zero-order valence-electron chi connectivity index (χ0n) is 23.5. The fourth-order valence-corrected chi connectivity index (χ4v) is 6.19. The number of nitrogens with zero attached hydrogens (tertiary/aromatic N) is 1. The van der Waals surface area contributed by atoms with Gasteiger partial charge in [-0.25, -0.2) is 17.5 Å². The van der Waals surface area contributed by atoms with Crippen molar-refractivity contribution >= 4 is 46.7 Å². The molecule has 0 saturated carbocycles. The van der Waals surface area contributed by atoms with Crippen LogP contribution in [0.5, 0.6) is 5.75 Å². The van der Waals surface area contributed by atoms with Gasteiger partial charge >= 0.3 is 0 Å². The molecule has 0 fully saturated rings. The lowest BCUT2D eigenvalue weighted by molar-refractivity contribution is -0.129. The molecule has 0 radical (unpaired) electrons. The highest BCUT2D eigenvalue weighted by Gasteiger charge is 2.37. The van der Waals surface area contributed by atoms with Gasteiger partial charge in [0.1, 0.15) is 22.5 Å². The Bertz CT molecular complexity index is 1540. The number of carbonyl (C=O) groups excluding carboxylic acids is 2. The maximum Gasteiger partial charge on any atom is 0.243 e. The van der Waals surface area contributed by atoms with E-state index in [0.29, 0.717) is 25.7 Å². The molecular formula is C30H35Cl2FN4O5S. The number of pyridine rings is 1. The summed E-state index contributed by atoms with van der Waals surface area (Å²) in [5.74, 6) is -1.49. The van der Waals surface area contributed by atoms with Crippen molar-refractivity contribution in [2.24, 2.45) is 0 Å². The van der Waals surface area contributed by atoms with E-state index in [-0.39, 0.29) is 49.4 Å². The predicted molar refractivity (Wildman–Crippen MR) is 166 cm³/mol. The maximum absolute atomic E-state index is 13.9. The molecular weight excluding hydrogens is 618 g/mol. The summed E-state index contributed by atoms with van der Waals surface area (Å²) in [6, 6.07) is 13.0. The Morgan fingerprint density at radius 3 is 2.56 bits per heavy atom. The zero-order valence-corrected chi connectivity index (χ0v) is 25.9. The number of aromatic hydroxyl groups is 1. The number of nitrogens with one attached hydrogen (secondary N) is 3. The number of unbranched alkanes of at least 4 members (excludes halogenated alkanes) is 1. The van der Waals surface area contributed by atoms with Gasteiger partial charge in [0.25, 0.3) is 0 Å². The molecule has 2 amide bonds. The van der Waals surface area contributed by atoms with Gasteiger partial charge < -0.3 is 15.7 Å². The van der Waals surface area contributed by atoms with Crippen LogP contribution in [-0.2, 0) is 38.0 Å². The van der Waals surface area contributed by atoms with Crippen molar-refractivity contribution in [1.29, 1.82) is 0 Å². The highest BCUT2D eigenvalue weighted by Crippen LogP contribution is 2.36. The summed E-state index contributed by atoms with van der Waals surface area (Å²) in [5, 5.41) is 15.9. The van der Waals surface area contributed by atoms with Crippen LogP contribution in [0.2, 0.25) is 0 Å². The van der Waals surface area contributed by atoms with Crippen LogP contribution in [0.3, 0.4) is 0 Å². The highest BCUT2D eigenvalue weighted by atomic mass is 35.5. The Morgan fingerprint density at radius 1 is 1.09 bits per heavy atom. The van der Waals surface area contributed by atoms with Gasteiger partial charge in [-0.05, 0) is 72.7 Å². The Kier molecular flexibility index (Phi) is 13.1. The van der Waals surface area contributed by atoms with Gasteiger partial charge in [0.2, 0.25) is 21.8 Å². The molecule has 43 heavy (non-hydrogen) atoms. The number of benzene rings is 2. The average Bonchev–Trinajstić information content (AvgIpc) is 2.92. The molecule has 9 nitrogen and oxygen atoms in total. The monoisotopic (exact) mass is 652 g/mol. The van der Waals surface area contributed by atoms with Crippen LogP contribution in [0.25, 0.3) is 0 Å². The van der Waals surface area contributed by atoms with Gasteiger partial charge in [0.15, 0.2) is 0 Å². The number of phenols is 1. The zero-order chi connectivity index (χ0) is 29.5. The van der Waals surface area contributed by atoms with Crippen molar-refractivity contribution < 1.29 is 27.5 Å². The number of halogens is 3. The first-order valence-corrected chi connectivity index (χ1v) is 14.8. The second-order valence-corrected chi connectivity index (χ2v) is 11.8. The standard InChI is InChI=1S/C30H33FN4O5S.2ClH/c1-21(36)34-27(11-4-5-17-33-41(39,40)28-12-3-2-10-26(28)31)29(38)35-30(19-22-8-7-16-32-20-22)15-6-9-23-18-24(37)13-14-25(23)30;;/h2-3,6-8,10,12-16,18,20,27,33,37H,4-5,9,11,17,19H2,1H3,(H,34,36)(H,35,38);2*1H/t27-,30?;;/m0../s1. The van der Waals surface area contributed by atoms with E-state index in [1.807, 2.05) is 24.3 Å². The largest absolute Gasteiger partial charge is 0.508 e. The minimum Gasteiger partial charge on any atom is -0.508 e. The molecule has 0 spiro atoms. The SMILES string of the molecule is CC(=O)N[C@@H](CCCCNS(=O)(=O)c1ccccc1F)C(=O)NC1(Cc2cccnc2)C=CCc2cc(O)ccc21.Cl.Cl. The minimum absolute atomic E-state index is 0. The lowest BCUT2D eigenvalue weighted by Gasteiger charge is -2.38. The number of aromatic nitrogens is 1. The van der Waals surface area contributed by atoms with Crippen molar-refractivity contribution in [1.82, 2.24) is 20.3 Å². The van der Waals surface area contributed by atoms with Crippen molar-refractivity contribution in [3.8, 4) is 5.75 Å². The van der Waals surface area contributed by atoms with Crippen LogP contribution >= 0.6 is 24.8 Å². The molecule has 1 heterocycles. The van der Waals surface area contributed by atoms with E-state index < -0.39 is 38.2 Å². The van der Waals surface area contributed by atoms with Gasteiger partial charge in [0.05, 0.1) is 5.54 Å². The van der Waals surface area contributed by atoms with Crippen LogP contribution in [0.15, 0.2) is 84.0 Å². The second-order valence-electron chi connectivity index (χ2n) is 10.0. The molecule has 1 aliphatic rings. The Hall–Kier alpha value is -3.51. The summed E-state index contributed by atoms with van der Waals surface area (Å²) in [6.07, 6.45) is 9.27. The van der Waals surface area contributed by atoms with Gasteiger partial charge in [-0.1, -0.05) is 36.4 Å². The third-order valence-electron chi connectivity index (χ3n) is 6.89.